The molecule has 0 bridgehead atoms. The Bertz CT molecular complexity index is 637. The summed E-state index contributed by atoms with van der Waals surface area (Å²) in [5, 5.41) is 3.58. The Hall–Kier alpha value is -1.72. The lowest BCUT2D eigenvalue weighted by atomic mass is 9.96. The van der Waals surface area contributed by atoms with Gasteiger partial charge in [0.15, 0.2) is 0 Å². The zero-order valence-corrected chi connectivity index (χ0v) is 14.6. The number of ether oxygens (including phenoxy) is 3. The molecule has 0 aliphatic carbocycles. The number of methoxy groups -OCH3 is 1. The predicted molar refractivity (Wildman–Crippen MR) is 96.3 cm³/mol. The molecule has 2 aliphatic rings. The van der Waals surface area contributed by atoms with Crippen LogP contribution in [0.2, 0.25) is 0 Å². The lowest BCUT2D eigenvalue weighted by Crippen LogP contribution is -2.49. The van der Waals surface area contributed by atoms with E-state index in [2.05, 4.69) is 29.6 Å². The molecular formula is C21H25NO3. The van der Waals surface area contributed by atoms with Gasteiger partial charge >= 0.3 is 0 Å². The second-order valence-electron chi connectivity index (χ2n) is 6.76. The van der Waals surface area contributed by atoms with E-state index in [0.717, 1.165) is 30.5 Å². The zero-order chi connectivity index (χ0) is 17.1. The third-order valence-electron chi connectivity index (χ3n) is 5.25. The van der Waals surface area contributed by atoms with Gasteiger partial charge in [-0.05, 0) is 19.4 Å². The maximum absolute atomic E-state index is 6.61. The van der Waals surface area contributed by atoms with Crippen LogP contribution < -0.4 is 5.32 Å². The first kappa shape index (κ1) is 16.7. The molecule has 2 aromatic rings. The number of rotatable bonds is 4. The van der Waals surface area contributed by atoms with Crippen LogP contribution in [0.5, 0.6) is 0 Å². The largest absolute Gasteiger partial charge is 0.381 e. The molecule has 2 saturated heterocycles. The van der Waals surface area contributed by atoms with Crippen molar-refractivity contribution in [3.8, 4) is 0 Å². The van der Waals surface area contributed by atoms with Gasteiger partial charge in [0, 0.05) is 24.3 Å². The molecule has 4 rings (SSSR count). The molecule has 2 aromatic carbocycles. The Balaban J connectivity index is 1.63. The first-order valence-electron chi connectivity index (χ1n) is 9.01. The van der Waals surface area contributed by atoms with Crippen LogP contribution >= 0.6 is 0 Å². The summed E-state index contributed by atoms with van der Waals surface area (Å²) in [6.07, 6.45) is 2.28. The highest BCUT2D eigenvalue weighted by Crippen LogP contribution is 2.41. The van der Waals surface area contributed by atoms with E-state index in [0.29, 0.717) is 12.7 Å². The van der Waals surface area contributed by atoms with Crippen LogP contribution in [0.3, 0.4) is 0 Å². The van der Waals surface area contributed by atoms with E-state index < -0.39 is 5.79 Å². The molecule has 0 amide bonds. The Labute approximate surface area is 149 Å². The Kier molecular flexibility index (Phi) is 4.86. The topological polar surface area (TPSA) is 39.7 Å². The monoisotopic (exact) mass is 339 g/mol. The van der Waals surface area contributed by atoms with E-state index in [1.54, 1.807) is 7.11 Å². The fourth-order valence-electron chi connectivity index (χ4n) is 3.87. The first-order chi connectivity index (χ1) is 12.3. The number of hydrogen-bond donors (Lipinski definition) is 1. The molecule has 0 spiro atoms. The van der Waals surface area contributed by atoms with E-state index in [1.807, 2.05) is 36.4 Å². The van der Waals surface area contributed by atoms with Crippen molar-refractivity contribution in [2.45, 2.75) is 36.9 Å². The maximum atomic E-state index is 6.61. The second kappa shape index (κ2) is 7.26. The minimum atomic E-state index is -0.838. The molecule has 2 aliphatic heterocycles. The number of hydrogen-bond acceptors (Lipinski definition) is 4. The van der Waals surface area contributed by atoms with Crippen LogP contribution in [0, 0.1) is 0 Å². The average molecular weight is 339 g/mol. The molecular weight excluding hydrogens is 314 g/mol. The SMILES string of the molecule is CO[C@H]1CCN[C@H]([C@H]2COC(c3ccccc3)(c3ccccc3)O2)C1. The number of piperidine rings is 1. The van der Waals surface area contributed by atoms with Crippen LogP contribution in [0.1, 0.15) is 24.0 Å². The molecule has 0 unspecified atom stereocenters. The van der Waals surface area contributed by atoms with E-state index in [4.69, 9.17) is 14.2 Å². The lowest BCUT2D eigenvalue weighted by Gasteiger charge is -2.34. The fourth-order valence-corrected chi connectivity index (χ4v) is 3.87. The third kappa shape index (κ3) is 3.23. The van der Waals surface area contributed by atoms with Gasteiger partial charge in [0.25, 0.3) is 0 Å². The first-order valence-corrected chi connectivity index (χ1v) is 9.01. The highest BCUT2D eigenvalue weighted by Gasteiger charge is 2.47. The normalized spacial score (nSPS) is 28.8. The van der Waals surface area contributed by atoms with Gasteiger partial charge in [-0.15, -0.1) is 0 Å². The summed E-state index contributed by atoms with van der Waals surface area (Å²) < 4.78 is 18.5. The standard InChI is InChI=1S/C21H25NO3/c1-23-18-12-13-22-19(14-18)20-15-24-21(25-20,16-8-4-2-5-9-16)17-10-6-3-7-11-17/h2-11,18-20,22H,12-15H2,1H3/t18-,19-,20+/m0/s1. The van der Waals surface area contributed by atoms with Gasteiger partial charge in [-0.1, -0.05) is 60.7 Å². The molecule has 4 nitrogen and oxygen atoms in total. The Morgan fingerprint density at radius 1 is 1.00 bits per heavy atom. The van der Waals surface area contributed by atoms with Gasteiger partial charge in [-0.3, -0.25) is 0 Å². The summed E-state index contributed by atoms with van der Waals surface area (Å²) in [6, 6.07) is 20.7. The molecule has 132 valence electrons. The summed E-state index contributed by atoms with van der Waals surface area (Å²) in [4.78, 5) is 0. The van der Waals surface area contributed by atoms with Crippen molar-refractivity contribution in [1.82, 2.24) is 5.32 Å². The Morgan fingerprint density at radius 3 is 2.24 bits per heavy atom. The molecule has 3 atom stereocenters. The van der Waals surface area contributed by atoms with Gasteiger partial charge in [-0.25, -0.2) is 0 Å². The minimum absolute atomic E-state index is 0.00152. The second-order valence-corrected chi connectivity index (χ2v) is 6.76. The van der Waals surface area contributed by atoms with E-state index in [-0.39, 0.29) is 12.1 Å². The molecule has 4 heteroatoms. The van der Waals surface area contributed by atoms with Crippen LogP contribution in [-0.4, -0.2) is 38.5 Å². The van der Waals surface area contributed by atoms with Crippen molar-refractivity contribution in [1.29, 1.82) is 0 Å². The third-order valence-corrected chi connectivity index (χ3v) is 5.25. The number of nitrogens with one attached hydrogen (secondary N) is 1. The minimum Gasteiger partial charge on any atom is -0.381 e. The molecule has 0 radical (unpaired) electrons. The highest BCUT2D eigenvalue weighted by molar-refractivity contribution is 5.34. The Morgan fingerprint density at radius 2 is 1.64 bits per heavy atom. The maximum Gasteiger partial charge on any atom is 0.222 e. The molecule has 2 fully saturated rings. The summed E-state index contributed by atoms with van der Waals surface area (Å²) in [5.74, 6) is -0.838. The van der Waals surface area contributed by atoms with Gasteiger partial charge in [0.05, 0.1) is 12.7 Å². The summed E-state index contributed by atoms with van der Waals surface area (Å²) >= 11 is 0. The van der Waals surface area contributed by atoms with E-state index in [1.165, 1.54) is 0 Å². The lowest BCUT2D eigenvalue weighted by molar-refractivity contribution is -0.148. The summed E-state index contributed by atoms with van der Waals surface area (Å²) in [5.41, 5.74) is 2.06. The van der Waals surface area contributed by atoms with Gasteiger partial charge in [0.1, 0.15) is 6.10 Å². The van der Waals surface area contributed by atoms with E-state index in [9.17, 15) is 0 Å². The van der Waals surface area contributed by atoms with Gasteiger partial charge < -0.3 is 19.5 Å². The summed E-state index contributed by atoms with van der Waals surface area (Å²) in [6.45, 7) is 1.52. The molecule has 1 N–H and O–H groups in total. The van der Waals surface area contributed by atoms with Gasteiger partial charge in [0.2, 0.25) is 5.79 Å². The quantitative estimate of drug-likeness (QED) is 0.929. The van der Waals surface area contributed by atoms with Crippen LogP contribution in [-0.2, 0) is 20.0 Å². The van der Waals surface area contributed by atoms with Crippen molar-refractivity contribution in [2.75, 3.05) is 20.3 Å². The fraction of sp³-hybridized carbons (Fsp3) is 0.429. The van der Waals surface area contributed by atoms with Crippen molar-refractivity contribution < 1.29 is 14.2 Å². The number of benzene rings is 2. The van der Waals surface area contributed by atoms with Crippen molar-refractivity contribution in [3.05, 3.63) is 71.8 Å². The predicted octanol–water partition coefficient (Wildman–Crippen LogP) is 3.07. The summed E-state index contributed by atoms with van der Waals surface area (Å²) in [7, 11) is 1.79. The van der Waals surface area contributed by atoms with Crippen molar-refractivity contribution in [3.63, 3.8) is 0 Å². The van der Waals surface area contributed by atoms with Crippen LogP contribution in [0.15, 0.2) is 60.7 Å². The smallest absolute Gasteiger partial charge is 0.222 e. The van der Waals surface area contributed by atoms with Crippen molar-refractivity contribution in [2.24, 2.45) is 0 Å². The van der Waals surface area contributed by atoms with Crippen LogP contribution in [0.25, 0.3) is 0 Å². The highest BCUT2D eigenvalue weighted by atomic mass is 16.7. The van der Waals surface area contributed by atoms with Crippen molar-refractivity contribution >= 4 is 0 Å². The molecule has 0 aromatic heterocycles. The zero-order valence-electron chi connectivity index (χ0n) is 14.6. The van der Waals surface area contributed by atoms with Gasteiger partial charge in [-0.2, -0.15) is 0 Å². The molecule has 25 heavy (non-hydrogen) atoms. The molecule has 2 heterocycles. The average Bonchev–Trinajstić information content (AvgIpc) is 3.16. The van der Waals surface area contributed by atoms with E-state index >= 15 is 0 Å². The molecule has 0 saturated carbocycles. The van der Waals surface area contributed by atoms with Crippen LogP contribution in [0.4, 0.5) is 0 Å².